The molecule has 0 amide bonds. The van der Waals surface area contributed by atoms with E-state index in [-0.39, 0.29) is 0 Å². The molecule has 18 heavy (non-hydrogen) atoms. The van der Waals surface area contributed by atoms with Gasteiger partial charge < -0.3 is 5.32 Å². The van der Waals surface area contributed by atoms with Crippen LogP contribution in [0.5, 0.6) is 0 Å². The summed E-state index contributed by atoms with van der Waals surface area (Å²) in [7, 11) is 0. The summed E-state index contributed by atoms with van der Waals surface area (Å²) in [6.45, 7) is 9.70. The first-order valence-corrected chi connectivity index (χ1v) is 6.56. The van der Waals surface area contributed by atoms with E-state index in [1.165, 1.54) is 0 Å². The number of halogens is 2. The van der Waals surface area contributed by atoms with Crippen molar-refractivity contribution in [1.82, 2.24) is 5.32 Å². The van der Waals surface area contributed by atoms with Gasteiger partial charge in [0.05, 0.1) is 0 Å². The average Bonchev–Trinajstić information content (AvgIpc) is 2.29. The molecule has 0 aliphatic heterocycles. The number of rotatable bonds is 6. The molecule has 0 saturated heterocycles. The molecule has 0 radical (unpaired) electrons. The predicted molar refractivity (Wildman–Crippen MR) is 71.7 cm³/mol. The summed E-state index contributed by atoms with van der Waals surface area (Å²) >= 11 is 0. The van der Waals surface area contributed by atoms with E-state index < -0.39 is 11.6 Å². The Kier molecular flexibility index (Phi) is 5.73. The summed E-state index contributed by atoms with van der Waals surface area (Å²) in [5.74, 6) is -0.508. The number of hydrogen-bond acceptors (Lipinski definition) is 1. The van der Waals surface area contributed by atoms with Gasteiger partial charge in [0.2, 0.25) is 0 Å². The van der Waals surface area contributed by atoms with Gasteiger partial charge in [0.15, 0.2) is 11.6 Å². The highest BCUT2D eigenvalue weighted by molar-refractivity contribution is 5.25. The third-order valence-electron chi connectivity index (χ3n) is 2.97. The van der Waals surface area contributed by atoms with E-state index in [0.717, 1.165) is 13.1 Å². The maximum Gasteiger partial charge on any atom is 0.162 e. The maximum atomic E-state index is 13.7. The van der Waals surface area contributed by atoms with Crippen LogP contribution in [0.2, 0.25) is 0 Å². The number of nitrogens with one attached hydrogen (secondary N) is 1. The van der Waals surface area contributed by atoms with Crippen molar-refractivity contribution in [2.75, 3.05) is 13.1 Å². The molecule has 0 aliphatic carbocycles. The van der Waals surface area contributed by atoms with Crippen LogP contribution in [0.15, 0.2) is 12.1 Å². The fourth-order valence-corrected chi connectivity index (χ4v) is 1.91. The Morgan fingerprint density at radius 2 is 1.72 bits per heavy atom. The Morgan fingerprint density at radius 1 is 1.06 bits per heavy atom. The molecule has 0 bridgehead atoms. The molecular formula is C15H23F2N. The predicted octanol–water partition coefficient (Wildman–Crippen LogP) is 3.70. The van der Waals surface area contributed by atoms with Crippen LogP contribution in [0.4, 0.5) is 8.78 Å². The van der Waals surface area contributed by atoms with Crippen molar-refractivity contribution < 1.29 is 8.78 Å². The molecule has 0 spiro atoms. The highest BCUT2D eigenvalue weighted by Gasteiger charge is 2.13. The van der Waals surface area contributed by atoms with Gasteiger partial charge in [-0.05, 0) is 49.4 Å². The van der Waals surface area contributed by atoms with Crippen molar-refractivity contribution in [2.24, 2.45) is 11.8 Å². The molecule has 0 aliphatic rings. The first-order valence-electron chi connectivity index (χ1n) is 6.56. The fourth-order valence-electron chi connectivity index (χ4n) is 1.91. The lowest BCUT2D eigenvalue weighted by atomic mass is 9.99. The number of hydrogen-bond donors (Lipinski definition) is 1. The lowest BCUT2D eigenvalue weighted by Gasteiger charge is -2.15. The average molecular weight is 255 g/mol. The van der Waals surface area contributed by atoms with Crippen molar-refractivity contribution in [2.45, 2.75) is 34.1 Å². The van der Waals surface area contributed by atoms with Crippen LogP contribution < -0.4 is 5.32 Å². The van der Waals surface area contributed by atoms with Crippen molar-refractivity contribution in [3.05, 3.63) is 34.9 Å². The van der Waals surface area contributed by atoms with Crippen molar-refractivity contribution in [3.8, 4) is 0 Å². The van der Waals surface area contributed by atoms with Crippen LogP contribution in [0, 0.1) is 30.4 Å². The van der Waals surface area contributed by atoms with Crippen LogP contribution in [0.25, 0.3) is 0 Å². The van der Waals surface area contributed by atoms with E-state index in [1.54, 1.807) is 19.1 Å². The molecule has 0 fully saturated rings. The zero-order valence-electron chi connectivity index (χ0n) is 11.7. The van der Waals surface area contributed by atoms with Crippen LogP contribution in [0.1, 0.15) is 31.9 Å². The SMILES string of the molecule is Cc1ccc(CC(C)CNCC(C)C)c(F)c1F. The molecule has 1 atom stereocenters. The molecule has 1 unspecified atom stereocenters. The normalized spacial score (nSPS) is 13.1. The van der Waals surface area contributed by atoms with Gasteiger partial charge in [-0.1, -0.05) is 32.9 Å². The van der Waals surface area contributed by atoms with Gasteiger partial charge in [0, 0.05) is 0 Å². The van der Waals surface area contributed by atoms with Crippen LogP contribution >= 0.6 is 0 Å². The van der Waals surface area contributed by atoms with Crippen molar-refractivity contribution in [1.29, 1.82) is 0 Å². The number of benzene rings is 1. The molecule has 1 nitrogen and oxygen atoms in total. The smallest absolute Gasteiger partial charge is 0.162 e. The largest absolute Gasteiger partial charge is 0.316 e. The first kappa shape index (κ1) is 15.1. The van der Waals surface area contributed by atoms with Gasteiger partial charge in [-0.3, -0.25) is 0 Å². The Bertz CT molecular complexity index is 388. The minimum Gasteiger partial charge on any atom is -0.316 e. The van der Waals surface area contributed by atoms with Gasteiger partial charge >= 0.3 is 0 Å². The summed E-state index contributed by atoms with van der Waals surface area (Å²) < 4.78 is 27.1. The summed E-state index contributed by atoms with van der Waals surface area (Å²) in [6, 6.07) is 3.33. The molecule has 0 heterocycles. The van der Waals surface area contributed by atoms with Crippen molar-refractivity contribution >= 4 is 0 Å². The van der Waals surface area contributed by atoms with Crippen molar-refractivity contribution in [3.63, 3.8) is 0 Å². The molecule has 1 N–H and O–H groups in total. The Hall–Kier alpha value is -0.960. The molecule has 102 valence electrons. The van der Waals surface area contributed by atoms with Gasteiger partial charge in [-0.25, -0.2) is 8.78 Å². The topological polar surface area (TPSA) is 12.0 Å². The maximum absolute atomic E-state index is 13.7. The molecule has 0 aromatic heterocycles. The zero-order chi connectivity index (χ0) is 13.7. The molecule has 1 aromatic carbocycles. The highest BCUT2D eigenvalue weighted by atomic mass is 19.2. The highest BCUT2D eigenvalue weighted by Crippen LogP contribution is 2.18. The third kappa shape index (κ3) is 4.37. The van der Waals surface area contributed by atoms with Gasteiger partial charge in [-0.2, -0.15) is 0 Å². The molecular weight excluding hydrogens is 232 g/mol. The Labute approximate surface area is 109 Å². The first-order chi connectivity index (χ1) is 8.41. The minimum atomic E-state index is -0.713. The standard InChI is InChI=1S/C15H23F2N/c1-10(2)8-18-9-11(3)7-13-6-5-12(4)14(16)15(13)17/h5-6,10-11,18H,7-9H2,1-4H3. The second-order valence-corrected chi connectivity index (χ2v) is 5.53. The van der Waals surface area contributed by atoms with Crippen LogP contribution in [-0.4, -0.2) is 13.1 Å². The minimum absolute atomic E-state index is 0.292. The van der Waals surface area contributed by atoms with Gasteiger partial charge in [0.1, 0.15) is 0 Å². The van der Waals surface area contributed by atoms with E-state index in [1.807, 2.05) is 6.92 Å². The van der Waals surface area contributed by atoms with Crippen LogP contribution in [-0.2, 0) is 6.42 Å². The summed E-state index contributed by atoms with van der Waals surface area (Å²) in [6.07, 6.45) is 0.564. The van der Waals surface area contributed by atoms with Gasteiger partial charge in [0.25, 0.3) is 0 Å². The zero-order valence-corrected chi connectivity index (χ0v) is 11.7. The fraction of sp³-hybridized carbons (Fsp3) is 0.600. The molecule has 3 heteroatoms. The quantitative estimate of drug-likeness (QED) is 0.817. The van der Waals surface area contributed by atoms with E-state index in [9.17, 15) is 8.78 Å². The number of aryl methyl sites for hydroxylation is 1. The monoisotopic (exact) mass is 255 g/mol. The summed E-state index contributed by atoms with van der Waals surface area (Å²) in [5.41, 5.74) is 0.832. The molecule has 1 aromatic rings. The van der Waals surface area contributed by atoms with E-state index >= 15 is 0 Å². The van der Waals surface area contributed by atoms with E-state index in [4.69, 9.17) is 0 Å². The van der Waals surface area contributed by atoms with E-state index in [2.05, 4.69) is 19.2 Å². The second-order valence-electron chi connectivity index (χ2n) is 5.53. The summed E-state index contributed by atoms with van der Waals surface area (Å²) in [5, 5.41) is 3.33. The van der Waals surface area contributed by atoms with E-state index in [0.29, 0.717) is 29.4 Å². The Balaban J connectivity index is 2.54. The summed E-state index contributed by atoms with van der Waals surface area (Å²) in [4.78, 5) is 0. The lowest BCUT2D eigenvalue weighted by molar-refractivity contribution is 0.453. The molecule has 0 saturated carbocycles. The lowest BCUT2D eigenvalue weighted by Crippen LogP contribution is -2.26. The second kappa shape index (κ2) is 6.83. The third-order valence-corrected chi connectivity index (χ3v) is 2.97. The molecule has 1 rings (SSSR count). The Morgan fingerprint density at radius 3 is 2.33 bits per heavy atom. The van der Waals surface area contributed by atoms with Crippen LogP contribution in [0.3, 0.4) is 0 Å². The van der Waals surface area contributed by atoms with Gasteiger partial charge in [-0.15, -0.1) is 0 Å².